The van der Waals surface area contributed by atoms with Gasteiger partial charge in [0, 0.05) is 23.4 Å². The van der Waals surface area contributed by atoms with E-state index in [1.807, 2.05) is 12.3 Å². The van der Waals surface area contributed by atoms with Crippen LogP contribution in [0.25, 0.3) is 0 Å². The van der Waals surface area contributed by atoms with Gasteiger partial charge in [0.2, 0.25) is 0 Å². The summed E-state index contributed by atoms with van der Waals surface area (Å²) in [6.07, 6.45) is 8.18. The van der Waals surface area contributed by atoms with Crippen molar-refractivity contribution in [3.63, 3.8) is 0 Å². The summed E-state index contributed by atoms with van der Waals surface area (Å²) >= 11 is -0.826. The van der Waals surface area contributed by atoms with Crippen molar-refractivity contribution in [2.45, 2.75) is 71.3 Å². The van der Waals surface area contributed by atoms with Gasteiger partial charge < -0.3 is 5.11 Å². The molecule has 2 nitrogen and oxygen atoms in total. The summed E-state index contributed by atoms with van der Waals surface area (Å²) in [6, 6.07) is 4.55. The summed E-state index contributed by atoms with van der Waals surface area (Å²) < 4.78 is 0. The van der Waals surface area contributed by atoms with Gasteiger partial charge in [-0.15, -0.1) is 0 Å². The number of rotatable bonds is 2. The monoisotopic (exact) mass is 433 g/mol. The number of aliphatic imine (C=N–C) groups is 1. The van der Waals surface area contributed by atoms with Crippen molar-refractivity contribution in [3.05, 3.63) is 28.8 Å². The molecule has 1 saturated carbocycles. The van der Waals surface area contributed by atoms with Crippen LogP contribution in [-0.2, 0) is 26.3 Å². The van der Waals surface area contributed by atoms with Crippen molar-refractivity contribution in [1.29, 1.82) is 0 Å². The summed E-state index contributed by atoms with van der Waals surface area (Å²) in [6.45, 7) is 8.46. The van der Waals surface area contributed by atoms with Crippen LogP contribution in [0, 0.1) is 6.92 Å². The summed E-state index contributed by atoms with van der Waals surface area (Å²) in [5.41, 5.74) is 2.99. The second-order valence-corrected chi connectivity index (χ2v) is 10.9. The van der Waals surface area contributed by atoms with Gasteiger partial charge in [-0.3, -0.25) is 4.99 Å². The molecule has 1 aromatic rings. The SMILES string of the molecule is Cc1cc(C=NC2CCCCC2)c(O)c(C(C)(C)C)c1.[Cl][Zr][Cl]. The Balaban J connectivity index is 0.000000816. The molecular formula is C18H27Cl2NOZr. The molecule has 128 valence electrons. The first-order valence-electron chi connectivity index (χ1n) is 8.13. The zero-order valence-corrected chi connectivity index (χ0v) is 18.5. The van der Waals surface area contributed by atoms with E-state index in [2.05, 4.69) is 33.8 Å². The molecule has 2 rings (SSSR count). The van der Waals surface area contributed by atoms with Crippen LogP contribution in [0.4, 0.5) is 0 Å². The number of aromatic hydroxyl groups is 1. The number of halogens is 2. The molecule has 1 aliphatic carbocycles. The fourth-order valence-electron chi connectivity index (χ4n) is 2.89. The van der Waals surface area contributed by atoms with Crippen LogP contribution >= 0.6 is 17.0 Å². The quantitative estimate of drug-likeness (QED) is 0.557. The molecule has 0 radical (unpaired) electrons. The van der Waals surface area contributed by atoms with E-state index in [-0.39, 0.29) is 5.41 Å². The predicted octanol–water partition coefficient (Wildman–Crippen LogP) is 6.13. The number of hydrogen-bond donors (Lipinski definition) is 1. The van der Waals surface area contributed by atoms with Crippen molar-refractivity contribution in [1.82, 2.24) is 0 Å². The average molecular weight is 436 g/mol. The van der Waals surface area contributed by atoms with Gasteiger partial charge in [0.15, 0.2) is 0 Å². The van der Waals surface area contributed by atoms with E-state index >= 15 is 0 Å². The Morgan fingerprint density at radius 2 is 1.74 bits per heavy atom. The standard InChI is InChI=1S/C18H27NO.2ClH.Zr/c1-13-10-14(12-19-15-8-6-5-7-9-15)17(20)16(11-13)18(2,3)4;;;/h10-12,15,20H,5-9H2,1-4H3;2*1H;/q;;;+2/p-2. The maximum atomic E-state index is 10.5. The number of aryl methyl sites for hydroxylation is 1. The van der Waals surface area contributed by atoms with Crippen LogP contribution in [0.15, 0.2) is 17.1 Å². The topological polar surface area (TPSA) is 32.6 Å². The molecule has 0 aromatic heterocycles. The second kappa shape index (κ2) is 10.2. The van der Waals surface area contributed by atoms with Crippen LogP contribution < -0.4 is 0 Å². The van der Waals surface area contributed by atoms with E-state index in [0.717, 1.165) is 11.1 Å². The van der Waals surface area contributed by atoms with Gasteiger partial charge in [0.05, 0.1) is 0 Å². The third kappa shape index (κ3) is 7.28. The molecule has 0 spiro atoms. The van der Waals surface area contributed by atoms with Crippen molar-refractivity contribution in [2.24, 2.45) is 4.99 Å². The third-order valence-corrected chi connectivity index (χ3v) is 4.09. The van der Waals surface area contributed by atoms with Gasteiger partial charge in [0.1, 0.15) is 5.75 Å². The summed E-state index contributed by atoms with van der Waals surface area (Å²) in [4.78, 5) is 4.69. The van der Waals surface area contributed by atoms with Crippen molar-refractivity contribution in [3.8, 4) is 5.75 Å². The molecule has 0 saturated heterocycles. The number of benzene rings is 1. The van der Waals surface area contributed by atoms with E-state index in [1.54, 1.807) is 0 Å². The first-order valence-corrected chi connectivity index (χ1v) is 14.5. The summed E-state index contributed by atoms with van der Waals surface area (Å²) in [7, 11) is 9.87. The van der Waals surface area contributed by atoms with Crippen molar-refractivity contribution < 1.29 is 26.0 Å². The average Bonchev–Trinajstić information content (AvgIpc) is 2.48. The van der Waals surface area contributed by atoms with E-state index in [4.69, 9.17) is 22.0 Å². The zero-order chi connectivity index (χ0) is 17.5. The first kappa shape index (κ1) is 21.2. The minimum atomic E-state index is -0.826. The molecular weight excluding hydrogens is 408 g/mol. The maximum absolute atomic E-state index is 10.5. The van der Waals surface area contributed by atoms with E-state index < -0.39 is 20.8 Å². The molecule has 0 bridgehead atoms. The molecule has 1 aromatic carbocycles. The molecule has 1 N–H and O–H groups in total. The van der Waals surface area contributed by atoms with Crippen LogP contribution in [0.1, 0.15) is 69.6 Å². The minimum absolute atomic E-state index is 0.0521. The number of phenolic OH excluding ortho intramolecular Hbond substituents is 1. The third-order valence-electron chi connectivity index (χ3n) is 4.09. The Kier molecular flexibility index (Phi) is 9.41. The Morgan fingerprint density at radius 1 is 1.17 bits per heavy atom. The normalized spacial score (nSPS) is 16.1. The fraction of sp³-hybridized carbons (Fsp3) is 0.611. The molecule has 1 fully saturated rings. The van der Waals surface area contributed by atoms with E-state index in [9.17, 15) is 5.11 Å². The molecule has 0 amide bonds. The Labute approximate surface area is 159 Å². The molecule has 0 atom stereocenters. The van der Waals surface area contributed by atoms with E-state index in [0.29, 0.717) is 11.8 Å². The van der Waals surface area contributed by atoms with Gasteiger partial charge in [0.25, 0.3) is 0 Å². The Bertz CT molecular complexity index is 520. The molecule has 0 aliphatic heterocycles. The van der Waals surface area contributed by atoms with Crippen LogP contribution in [0.3, 0.4) is 0 Å². The van der Waals surface area contributed by atoms with Crippen LogP contribution in [0.5, 0.6) is 5.75 Å². The predicted molar refractivity (Wildman–Crippen MR) is 97.7 cm³/mol. The summed E-state index contributed by atoms with van der Waals surface area (Å²) in [5, 5.41) is 10.5. The second-order valence-electron chi connectivity index (χ2n) is 7.14. The van der Waals surface area contributed by atoms with Gasteiger partial charge in [-0.2, -0.15) is 0 Å². The molecule has 5 heteroatoms. The summed E-state index contributed by atoms with van der Waals surface area (Å²) in [5.74, 6) is 0.391. The molecule has 23 heavy (non-hydrogen) atoms. The Morgan fingerprint density at radius 3 is 2.26 bits per heavy atom. The van der Waals surface area contributed by atoms with Gasteiger partial charge >= 0.3 is 37.9 Å². The van der Waals surface area contributed by atoms with Crippen LogP contribution in [0.2, 0.25) is 0 Å². The molecule has 0 heterocycles. The molecule has 0 unspecified atom stereocenters. The van der Waals surface area contributed by atoms with Gasteiger partial charge in [-0.05, 0) is 36.8 Å². The molecule has 1 aliphatic rings. The zero-order valence-electron chi connectivity index (χ0n) is 14.5. The van der Waals surface area contributed by atoms with Crippen molar-refractivity contribution >= 4 is 23.2 Å². The van der Waals surface area contributed by atoms with E-state index in [1.165, 1.54) is 37.7 Å². The number of nitrogens with zero attached hydrogens (tertiary/aromatic N) is 1. The van der Waals surface area contributed by atoms with Crippen molar-refractivity contribution in [2.75, 3.05) is 0 Å². The number of hydrogen-bond acceptors (Lipinski definition) is 2. The Hall–Kier alpha value is 0.153. The van der Waals surface area contributed by atoms with Crippen LogP contribution in [-0.4, -0.2) is 17.4 Å². The van der Waals surface area contributed by atoms with Gasteiger partial charge in [-0.25, -0.2) is 0 Å². The first-order chi connectivity index (χ1) is 10.8. The fourth-order valence-corrected chi connectivity index (χ4v) is 2.89. The number of phenols is 1. The van der Waals surface area contributed by atoms with Gasteiger partial charge in [-0.1, -0.05) is 46.1 Å².